The van der Waals surface area contributed by atoms with Gasteiger partial charge in [-0.1, -0.05) is 82.9 Å². The molecule has 2 heterocycles. The van der Waals surface area contributed by atoms with Crippen molar-refractivity contribution in [2.24, 2.45) is 0 Å². The van der Waals surface area contributed by atoms with Crippen LogP contribution in [0.1, 0.15) is 101 Å². The summed E-state index contributed by atoms with van der Waals surface area (Å²) in [6.07, 6.45) is 21.9. The minimum absolute atomic E-state index is 0.726. The first-order valence-corrected chi connectivity index (χ1v) is 11.4. The first-order chi connectivity index (χ1) is 12.9. The van der Waals surface area contributed by atoms with E-state index in [1.165, 1.54) is 119 Å². The molecule has 140 valence electrons. The highest BCUT2D eigenvalue weighted by Gasteiger charge is 2.17. The Hall–Kier alpha value is -1.25. The second-order valence-electron chi connectivity index (χ2n) is 8.95. The quantitative estimate of drug-likeness (QED) is 0.677. The van der Waals surface area contributed by atoms with Gasteiger partial charge in [0.15, 0.2) is 7.28 Å². The Morgan fingerprint density at radius 2 is 1.38 bits per heavy atom. The summed E-state index contributed by atoms with van der Waals surface area (Å²) in [5.41, 5.74) is 5.32. The van der Waals surface area contributed by atoms with Crippen molar-refractivity contribution in [3.05, 3.63) is 23.9 Å². The van der Waals surface area contributed by atoms with Crippen molar-refractivity contribution in [3.63, 3.8) is 0 Å². The van der Waals surface area contributed by atoms with Gasteiger partial charge in [0.25, 0.3) is 0 Å². The predicted octanol–water partition coefficient (Wildman–Crippen LogP) is 5.99. The molecule has 0 amide bonds. The summed E-state index contributed by atoms with van der Waals surface area (Å²) in [4.78, 5) is 8.55. The van der Waals surface area contributed by atoms with E-state index in [9.17, 15) is 0 Å². The highest BCUT2D eigenvalue weighted by Crippen LogP contribution is 2.31. The van der Waals surface area contributed by atoms with Crippen molar-refractivity contribution in [2.45, 2.75) is 102 Å². The van der Waals surface area contributed by atoms with E-state index < -0.39 is 0 Å². The first-order valence-electron chi connectivity index (χ1n) is 11.4. The Labute approximate surface area is 159 Å². The fourth-order valence-corrected chi connectivity index (χ4v) is 5.26. The molecule has 0 spiro atoms. The summed E-state index contributed by atoms with van der Waals surface area (Å²) < 4.78 is 0. The summed E-state index contributed by atoms with van der Waals surface area (Å²) in [7, 11) is 1.22. The standard InChI is InChI=1S/C23H35BN2/c1-3-7-11-18(12-8-4-1)19-15-22-21(25-17-19)16-23(26-22)24-20-13-9-5-2-6-10-14-20/h15-18,20,24,26H,1-14H2. The Bertz CT molecular complexity index is 677. The number of hydrogen-bond donors (Lipinski definition) is 1. The highest BCUT2D eigenvalue weighted by atomic mass is 14.8. The zero-order valence-corrected chi connectivity index (χ0v) is 16.4. The topological polar surface area (TPSA) is 28.7 Å². The van der Waals surface area contributed by atoms with E-state index in [0.29, 0.717) is 0 Å². The van der Waals surface area contributed by atoms with E-state index in [-0.39, 0.29) is 0 Å². The zero-order valence-electron chi connectivity index (χ0n) is 16.4. The molecular formula is C23H35BN2. The molecule has 1 N–H and O–H groups in total. The molecule has 0 aliphatic heterocycles. The van der Waals surface area contributed by atoms with Crippen LogP contribution in [0.25, 0.3) is 11.0 Å². The van der Waals surface area contributed by atoms with E-state index in [0.717, 1.165) is 11.7 Å². The summed E-state index contributed by atoms with van der Waals surface area (Å²) in [6.45, 7) is 0. The molecule has 0 atom stereocenters. The van der Waals surface area contributed by atoms with Gasteiger partial charge in [-0.3, -0.25) is 4.98 Å². The molecule has 3 heteroatoms. The average Bonchev–Trinajstić information content (AvgIpc) is 2.98. The lowest BCUT2D eigenvalue weighted by molar-refractivity contribution is 0.455. The molecular weight excluding hydrogens is 315 g/mol. The van der Waals surface area contributed by atoms with Gasteiger partial charge in [0.05, 0.1) is 11.0 Å². The second-order valence-corrected chi connectivity index (χ2v) is 8.95. The third-order valence-electron chi connectivity index (χ3n) is 6.86. The van der Waals surface area contributed by atoms with Gasteiger partial charge >= 0.3 is 0 Å². The number of aromatic amines is 1. The third kappa shape index (κ3) is 4.72. The SMILES string of the molecule is B(c1cc2ncc(C3CCCCCCC3)cc2[nH]1)C1CCCCCCC1. The Balaban J connectivity index is 1.46. The summed E-state index contributed by atoms with van der Waals surface area (Å²) in [5, 5.41) is 0. The van der Waals surface area contributed by atoms with E-state index in [1.54, 1.807) is 0 Å². The average molecular weight is 350 g/mol. The van der Waals surface area contributed by atoms with Crippen LogP contribution in [0.5, 0.6) is 0 Å². The van der Waals surface area contributed by atoms with Crippen LogP contribution in [0, 0.1) is 0 Å². The third-order valence-corrected chi connectivity index (χ3v) is 6.86. The van der Waals surface area contributed by atoms with Crippen LogP contribution >= 0.6 is 0 Å². The minimum atomic E-state index is 0.726. The minimum Gasteiger partial charge on any atom is -0.366 e. The molecule has 0 unspecified atom stereocenters. The van der Waals surface area contributed by atoms with Gasteiger partial charge in [-0.2, -0.15) is 0 Å². The van der Waals surface area contributed by atoms with Gasteiger partial charge in [0.2, 0.25) is 0 Å². The lowest BCUT2D eigenvalue weighted by atomic mass is 9.58. The molecule has 0 radical (unpaired) electrons. The van der Waals surface area contributed by atoms with Crippen LogP contribution in [0.3, 0.4) is 0 Å². The molecule has 4 rings (SSSR count). The highest BCUT2D eigenvalue weighted by molar-refractivity contribution is 6.54. The molecule has 26 heavy (non-hydrogen) atoms. The largest absolute Gasteiger partial charge is 0.366 e. The Morgan fingerprint density at radius 1 is 0.769 bits per heavy atom. The normalized spacial score (nSPS) is 21.7. The van der Waals surface area contributed by atoms with Crippen molar-refractivity contribution in [3.8, 4) is 0 Å². The maximum Gasteiger partial charge on any atom is 0.182 e. The van der Waals surface area contributed by atoms with Crippen molar-refractivity contribution in [1.29, 1.82) is 0 Å². The zero-order chi connectivity index (χ0) is 17.6. The smallest absolute Gasteiger partial charge is 0.182 e. The van der Waals surface area contributed by atoms with Crippen LogP contribution in [-0.2, 0) is 0 Å². The summed E-state index contributed by atoms with van der Waals surface area (Å²) >= 11 is 0. The number of hydrogen-bond acceptors (Lipinski definition) is 1. The monoisotopic (exact) mass is 350 g/mol. The van der Waals surface area contributed by atoms with Crippen LogP contribution in [0.4, 0.5) is 0 Å². The maximum atomic E-state index is 4.83. The number of nitrogens with one attached hydrogen (secondary N) is 1. The number of nitrogens with zero attached hydrogens (tertiary/aromatic N) is 1. The molecule has 2 aliphatic rings. The van der Waals surface area contributed by atoms with E-state index in [4.69, 9.17) is 4.98 Å². The van der Waals surface area contributed by atoms with Crippen molar-refractivity contribution < 1.29 is 0 Å². The predicted molar refractivity (Wildman–Crippen MR) is 114 cm³/mol. The van der Waals surface area contributed by atoms with E-state index in [2.05, 4.69) is 23.3 Å². The number of pyridine rings is 1. The van der Waals surface area contributed by atoms with Crippen molar-refractivity contribution in [1.82, 2.24) is 9.97 Å². The fraction of sp³-hybridized carbons (Fsp3) is 0.696. The Kier molecular flexibility index (Phi) is 6.35. The second kappa shape index (κ2) is 9.10. The van der Waals surface area contributed by atoms with E-state index in [1.807, 2.05) is 0 Å². The van der Waals surface area contributed by atoms with Gasteiger partial charge in [0, 0.05) is 6.20 Å². The molecule has 2 aromatic heterocycles. The van der Waals surface area contributed by atoms with Crippen molar-refractivity contribution in [2.75, 3.05) is 0 Å². The van der Waals surface area contributed by atoms with Crippen LogP contribution in [0.2, 0.25) is 5.82 Å². The molecule has 0 aromatic carbocycles. The van der Waals surface area contributed by atoms with Gasteiger partial charge in [-0.25, -0.2) is 0 Å². The molecule has 2 aromatic rings. The van der Waals surface area contributed by atoms with Crippen LogP contribution in [0.15, 0.2) is 18.3 Å². The van der Waals surface area contributed by atoms with Gasteiger partial charge in [-0.05, 0) is 42.0 Å². The molecule has 2 fully saturated rings. The summed E-state index contributed by atoms with van der Waals surface area (Å²) in [6, 6.07) is 4.73. The molecule has 0 bridgehead atoms. The molecule has 2 aliphatic carbocycles. The molecule has 0 saturated heterocycles. The van der Waals surface area contributed by atoms with Crippen LogP contribution < -0.4 is 5.59 Å². The van der Waals surface area contributed by atoms with Gasteiger partial charge < -0.3 is 4.98 Å². The summed E-state index contributed by atoms with van der Waals surface area (Å²) in [5.74, 6) is 1.60. The number of aromatic nitrogens is 2. The van der Waals surface area contributed by atoms with Crippen LogP contribution in [-0.4, -0.2) is 17.2 Å². The Morgan fingerprint density at radius 3 is 2.08 bits per heavy atom. The van der Waals surface area contributed by atoms with Gasteiger partial charge in [-0.15, -0.1) is 0 Å². The van der Waals surface area contributed by atoms with Crippen molar-refractivity contribution >= 4 is 23.9 Å². The molecule has 2 nitrogen and oxygen atoms in total. The lowest BCUT2D eigenvalue weighted by Crippen LogP contribution is -2.21. The molecule has 2 saturated carbocycles. The van der Waals surface area contributed by atoms with Gasteiger partial charge in [0.1, 0.15) is 0 Å². The van der Waals surface area contributed by atoms with E-state index >= 15 is 0 Å². The maximum absolute atomic E-state index is 4.83. The number of rotatable bonds is 3. The number of fused-ring (bicyclic) bond motifs is 1. The lowest BCUT2D eigenvalue weighted by Gasteiger charge is -2.19. The first kappa shape index (κ1) is 18.1. The number of H-pyrrole nitrogens is 1. The fourth-order valence-electron chi connectivity index (χ4n) is 5.26.